The molecule has 0 unspecified atom stereocenters. The smallest absolute Gasteiger partial charge is 0.308 e. The van der Waals surface area contributed by atoms with E-state index in [1.807, 2.05) is 38.1 Å². The van der Waals surface area contributed by atoms with Gasteiger partial charge in [0.25, 0.3) is 5.56 Å². The van der Waals surface area contributed by atoms with Crippen molar-refractivity contribution in [3.63, 3.8) is 0 Å². The number of aliphatic carboxylic acids is 1. The van der Waals surface area contributed by atoms with Crippen LogP contribution in [0.3, 0.4) is 0 Å². The minimum absolute atomic E-state index is 0.0177. The molecule has 21 heavy (non-hydrogen) atoms. The summed E-state index contributed by atoms with van der Waals surface area (Å²) >= 11 is 0. The number of benzene rings is 1. The maximum absolute atomic E-state index is 11.9. The topological polar surface area (TPSA) is 79.4 Å². The first kappa shape index (κ1) is 14.8. The molecule has 5 heteroatoms. The van der Waals surface area contributed by atoms with E-state index < -0.39 is 11.5 Å². The van der Waals surface area contributed by atoms with Crippen molar-refractivity contribution in [2.75, 3.05) is 0 Å². The SMILES string of the molecule is CC(C)Oc1ccccc1-c1ccc(CC(=O)O)c(=O)[nH]1. The van der Waals surface area contributed by atoms with E-state index in [1.54, 1.807) is 6.07 Å². The van der Waals surface area contributed by atoms with E-state index in [9.17, 15) is 9.59 Å². The Labute approximate surface area is 122 Å². The zero-order valence-electron chi connectivity index (χ0n) is 11.9. The average Bonchev–Trinajstić information content (AvgIpc) is 2.41. The lowest BCUT2D eigenvalue weighted by molar-refractivity contribution is -0.136. The number of carbonyl (C=O) groups is 1. The third kappa shape index (κ3) is 3.72. The first-order chi connectivity index (χ1) is 9.97. The fourth-order valence-corrected chi connectivity index (χ4v) is 2.01. The first-order valence-electron chi connectivity index (χ1n) is 6.67. The highest BCUT2D eigenvalue weighted by molar-refractivity contribution is 5.71. The van der Waals surface area contributed by atoms with Crippen LogP contribution in [0.25, 0.3) is 11.3 Å². The van der Waals surface area contributed by atoms with E-state index in [0.29, 0.717) is 11.4 Å². The molecule has 2 aromatic rings. The van der Waals surface area contributed by atoms with Crippen LogP contribution in [0.1, 0.15) is 19.4 Å². The maximum atomic E-state index is 11.9. The van der Waals surface area contributed by atoms with Gasteiger partial charge in [-0.3, -0.25) is 9.59 Å². The van der Waals surface area contributed by atoms with Crippen molar-refractivity contribution >= 4 is 5.97 Å². The average molecular weight is 287 g/mol. The van der Waals surface area contributed by atoms with Gasteiger partial charge >= 0.3 is 5.97 Å². The number of ether oxygens (including phenoxy) is 1. The van der Waals surface area contributed by atoms with Crippen LogP contribution < -0.4 is 10.3 Å². The van der Waals surface area contributed by atoms with Gasteiger partial charge in [-0.1, -0.05) is 18.2 Å². The van der Waals surface area contributed by atoms with Gasteiger partial charge in [0.15, 0.2) is 0 Å². The fraction of sp³-hybridized carbons (Fsp3) is 0.250. The fourth-order valence-electron chi connectivity index (χ4n) is 2.01. The van der Waals surface area contributed by atoms with Crippen molar-refractivity contribution in [3.05, 3.63) is 52.3 Å². The summed E-state index contributed by atoms with van der Waals surface area (Å²) in [4.78, 5) is 25.3. The molecular weight excluding hydrogens is 270 g/mol. The summed E-state index contributed by atoms with van der Waals surface area (Å²) in [5, 5.41) is 8.75. The van der Waals surface area contributed by atoms with Gasteiger partial charge in [-0.2, -0.15) is 0 Å². The molecule has 0 saturated carbocycles. The lowest BCUT2D eigenvalue weighted by Gasteiger charge is -2.14. The number of para-hydroxylation sites is 1. The summed E-state index contributed by atoms with van der Waals surface area (Å²) in [6.07, 6.45) is -0.274. The van der Waals surface area contributed by atoms with Gasteiger partial charge in [-0.05, 0) is 32.0 Å². The second-order valence-corrected chi connectivity index (χ2v) is 4.96. The Hall–Kier alpha value is -2.56. The number of carboxylic acid groups (broad SMARTS) is 1. The first-order valence-corrected chi connectivity index (χ1v) is 6.67. The highest BCUT2D eigenvalue weighted by Crippen LogP contribution is 2.28. The van der Waals surface area contributed by atoms with E-state index in [-0.39, 0.29) is 18.1 Å². The van der Waals surface area contributed by atoms with Gasteiger partial charge in [0.05, 0.1) is 18.2 Å². The summed E-state index contributed by atoms with van der Waals surface area (Å²) in [5.41, 5.74) is 1.21. The second kappa shape index (κ2) is 6.26. The van der Waals surface area contributed by atoms with Crippen LogP contribution in [0.2, 0.25) is 0 Å². The molecule has 0 bridgehead atoms. The molecule has 1 aromatic heterocycles. The zero-order chi connectivity index (χ0) is 15.4. The third-order valence-corrected chi connectivity index (χ3v) is 2.87. The monoisotopic (exact) mass is 287 g/mol. The van der Waals surface area contributed by atoms with Crippen LogP contribution in [-0.2, 0) is 11.2 Å². The van der Waals surface area contributed by atoms with Crippen LogP contribution >= 0.6 is 0 Å². The third-order valence-electron chi connectivity index (χ3n) is 2.87. The van der Waals surface area contributed by atoms with Crippen LogP contribution in [0.4, 0.5) is 0 Å². The predicted octanol–water partition coefficient (Wildman–Crippen LogP) is 2.46. The Morgan fingerprint density at radius 2 is 1.95 bits per heavy atom. The molecule has 0 amide bonds. The summed E-state index contributed by atoms with van der Waals surface area (Å²) < 4.78 is 5.72. The molecule has 0 aliphatic carbocycles. The van der Waals surface area contributed by atoms with Gasteiger partial charge in [0.2, 0.25) is 0 Å². The van der Waals surface area contributed by atoms with Crippen molar-refractivity contribution in [3.8, 4) is 17.0 Å². The van der Waals surface area contributed by atoms with Crippen LogP contribution in [0, 0.1) is 0 Å². The highest BCUT2D eigenvalue weighted by Gasteiger charge is 2.11. The lowest BCUT2D eigenvalue weighted by Crippen LogP contribution is -2.16. The number of rotatable bonds is 5. The normalized spacial score (nSPS) is 10.6. The number of H-pyrrole nitrogens is 1. The van der Waals surface area contributed by atoms with E-state index in [1.165, 1.54) is 6.07 Å². The van der Waals surface area contributed by atoms with Crippen molar-refractivity contribution in [2.45, 2.75) is 26.4 Å². The predicted molar refractivity (Wildman–Crippen MR) is 79.6 cm³/mol. The Balaban J connectivity index is 2.41. The molecule has 0 aliphatic heterocycles. The quantitative estimate of drug-likeness (QED) is 0.885. The molecule has 5 nitrogen and oxygen atoms in total. The standard InChI is InChI=1S/C16H17NO4/c1-10(2)21-14-6-4-3-5-12(14)13-8-7-11(9-15(18)19)16(20)17-13/h3-8,10H,9H2,1-2H3,(H,17,20)(H,18,19). The molecule has 0 spiro atoms. The summed E-state index contributed by atoms with van der Waals surface area (Å²) in [6, 6.07) is 10.6. The largest absolute Gasteiger partial charge is 0.490 e. The number of hydrogen-bond donors (Lipinski definition) is 2. The number of aromatic amines is 1. The maximum Gasteiger partial charge on any atom is 0.308 e. The van der Waals surface area contributed by atoms with Gasteiger partial charge in [-0.25, -0.2) is 0 Å². The molecular formula is C16H17NO4. The zero-order valence-corrected chi connectivity index (χ0v) is 11.9. The van der Waals surface area contributed by atoms with Crippen molar-refractivity contribution in [1.29, 1.82) is 0 Å². The summed E-state index contributed by atoms with van der Waals surface area (Å²) in [7, 11) is 0. The molecule has 1 heterocycles. The highest BCUT2D eigenvalue weighted by atomic mass is 16.5. The molecule has 0 aliphatic rings. The minimum atomic E-state index is -1.03. The Morgan fingerprint density at radius 1 is 1.24 bits per heavy atom. The van der Waals surface area contributed by atoms with Crippen molar-refractivity contribution < 1.29 is 14.6 Å². The van der Waals surface area contributed by atoms with Crippen LogP contribution in [-0.4, -0.2) is 22.2 Å². The molecule has 0 saturated heterocycles. The van der Waals surface area contributed by atoms with E-state index in [0.717, 1.165) is 5.56 Å². The summed E-state index contributed by atoms with van der Waals surface area (Å²) in [5.74, 6) is -0.356. The van der Waals surface area contributed by atoms with Crippen LogP contribution in [0.5, 0.6) is 5.75 Å². The molecule has 0 fully saturated rings. The molecule has 110 valence electrons. The number of carboxylic acids is 1. The van der Waals surface area contributed by atoms with Gasteiger partial charge in [0.1, 0.15) is 5.75 Å². The van der Waals surface area contributed by atoms with Gasteiger partial charge in [-0.15, -0.1) is 0 Å². The summed E-state index contributed by atoms with van der Waals surface area (Å²) in [6.45, 7) is 3.85. The second-order valence-electron chi connectivity index (χ2n) is 4.96. The van der Waals surface area contributed by atoms with Gasteiger partial charge in [0, 0.05) is 11.1 Å². The van der Waals surface area contributed by atoms with E-state index in [2.05, 4.69) is 4.98 Å². The Bertz CT molecular complexity index is 703. The molecule has 2 N–H and O–H groups in total. The van der Waals surface area contributed by atoms with Crippen molar-refractivity contribution in [2.24, 2.45) is 0 Å². The lowest BCUT2D eigenvalue weighted by atomic mass is 10.1. The van der Waals surface area contributed by atoms with Gasteiger partial charge < -0.3 is 14.8 Å². The van der Waals surface area contributed by atoms with E-state index in [4.69, 9.17) is 9.84 Å². The van der Waals surface area contributed by atoms with Crippen LogP contribution in [0.15, 0.2) is 41.2 Å². The Kier molecular flexibility index (Phi) is 4.42. The number of hydrogen-bond acceptors (Lipinski definition) is 3. The molecule has 1 aromatic carbocycles. The molecule has 0 radical (unpaired) electrons. The van der Waals surface area contributed by atoms with Crippen molar-refractivity contribution in [1.82, 2.24) is 4.98 Å². The minimum Gasteiger partial charge on any atom is -0.490 e. The number of nitrogens with one attached hydrogen (secondary N) is 1. The number of aromatic nitrogens is 1. The Morgan fingerprint density at radius 3 is 2.57 bits per heavy atom. The molecule has 2 rings (SSSR count). The van der Waals surface area contributed by atoms with E-state index >= 15 is 0 Å². The molecule has 0 atom stereocenters. The number of pyridine rings is 1.